The van der Waals surface area contributed by atoms with E-state index in [-0.39, 0.29) is 29.2 Å². The van der Waals surface area contributed by atoms with E-state index in [4.69, 9.17) is 10.5 Å². The van der Waals surface area contributed by atoms with E-state index in [1.807, 2.05) is 0 Å². The first-order valence-corrected chi connectivity index (χ1v) is 9.97. The molecule has 0 bridgehead atoms. The van der Waals surface area contributed by atoms with E-state index in [2.05, 4.69) is 15.6 Å². The zero-order valence-electron chi connectivity index (χ0n) is 17.1. The third-order valence-corrected chi connectivity index (χ3v) is 5.25. The largest absolute Gasteiger partial charge is 0.503 e. The molecule has 0 aromatic heterocycles. The van der Waals surface area contributed by atoms with Crippen LogP contribution in [0.25, 0.3) is 0 Å². The van der Waals surface area contributed by atoms with E-state index in [9.17, 15) is 18.0 Å². The van der Waals surface area contributed by atoms with Crippen LogP contribution in [0.3, 0.4) is 0 Å². The summed E-state index contributed by atoms with van der Waals surface area (Å²) in [6, 6.07) is 11.9. The molecule has 1 aliphatic rings. The fourth-order valence-corrected chi connectivity index (χ4v) is 3.60. The second-order valence-corrected chi connectivity index (χ2v) is 7.43. The van der Waals surface area contributed by atoms with Crippen LogP contribution in [-0.2, 0) is 0 Å². The van der Waals surface area contributed by atoms with Gasteiger partial charge in [0.25, 0.3) is 5.91 Å². The summed E-state index contributed by atoms with van der Waals surface area (Å²) in [6.07, 6.45) is -0.865. The van der Waals surface area contributed by atoms with E-state index >= 15 is 0 Å². The van der Waals surface area contributed by atoms with Crippen molar-refractivity contribution in [3.05, 3.63) is 53.6 Å². The fourth-order valence-electron chi connectivity index (χ4n) is 3.60. The third-order valence-electron chi connectivity index (χ3n) is 5.25. The number of hydrogen-bond donors (Lipinski definition) is 3. The third kappa shape index (κ3) is 6.37. The van der Waals surface area contributed by atoms with Gasteiger partial charge in [-0.15, -0.1) is 13.2 Å². The summed E-state index contributed by atoms with van der Waals surface area (Å²) in [4.78, 5) is 15.1. The quantitative estimate of drug-likeness (QED) is 0.358. The Labute approximate surface area is 178 Å². The van der Waals surface area contributed by atoms with Crippen LogP contribution in [-0.4, -0.2) is 37.6 Å². The standard InChI is InChI=1S/C22H25F3N4O2/c1-31-17-11-5-14(6-12-17)21(30)29-16-9-7-15(8-10-16)28-20-4-2-3-19(26)18(20)13-27-22(23,24)25/h2-6,11-13,15-16,28H,7-10,26H2,1H3,(H,29,30)/b27-13+. The highest BCUT2D eigenvalue weighted by molar-refractivity contribution is 5.95. The molecule has 0 heterocycles. The molecule has 1 aliphatic carbocycles. The van der Waals surface area contributed by atoms with Gasteiger partial charge in [-0.05, 0) is 62.1 Å². The molecule has 166 valence electrons. The molecule has 1 saturated carbocycles. The topological polar surface area (TPSA) is 88.7 Å². The zero-order chi connectivity index (χ0) is 22.4. The predicted molar refractivity (Wildman–Crippen MR) is 115 cm³/mol. The first-order chi connectivity index (χ1) is 14.7. The molecule has 0 aliphatic heterocycles. The molecule has 0 unspecified atom stereocenters. The monoisotopic (exact) mass is 434 g/mol. The maximum Gasteiger partial charge on any atom is 0.503 e. The predicted octanol–water partition coefficient (Wildman–Crippen LogP) is 4.37. The van der Waals surface area contributed by atoms with Gasteiger partial charge in [0.1, 0.15) is 5.75 Å². The van der Waals surface area contributed by atoms with Gasteiger partial charge < -0.3 is 21.1 Å². The van der Waals surface area contributed by atoms with Gasteiger partial charge in [-0.2, -0.15) is 4.99 Å². The molecule has 1 amide bonds. The maximum atomic E-state index is 12.5. The summed E-state index contributed by atoms with van der Waals surface area (Å²) in [6.45, 7) is 0. The van der Waals surface area contributed by atoms with Crippen molar-refractivity contribution in [2.24, 2.45) is 4.99 Å². The number of rotatable bonds is 6. The van der Waals surface area contributed by atoms with Crippen LogP contribution in [0, 0.1) is 0 Å². The summed E-state index contributed by atoms with van der Waals surface area (Å²) in [5, 5.41) is 6.32. The Hall–Kier alpha value is -3.23. The second kappa shape index (κ2) is 9.72. The molecule has 9 heteroatoms. The summed E-state index contributed by atoms with van der Waals surface area (Å²) in [7, 11) is 1.57. The Morgan fingerprint density at radius 2 is 1.74 bits per heavy atom. The van der Waals surface area contributed by atoms with Crippen molar-refractivity contribution in [3.8, 4) is 5.75 Å². The van der Waals surface area contributed by atoms with Crippen LogP contribution in [0.4, 0.5) is 24.5 Å². The highest BCUT2D eigenvalue weighted by atomic mass is 19.4. The first kappa shape index (κ1) is 22.5. The van der Waals surface area contributed by atoms with Gasteiger partial charge in [-0.3, -0.25) is 4.79 Å². The number of halogens is 3. The number of ether oxygens (including phenoxy) is 1. The Morgan fingerprint density at radius 1 is 1.10 bits per heavy atom. The smallest absolute Gasteiger partial charge is 0.497 e. The number of nitrogen functional groups attached to an aromatic ring is 1. The van der Waals surface area contributed by atoms with E-state index in [0.29, 0.717) is 17.0 Å². The lowest BCUT2D eigenvalue weighted by molar-refractivity contribution is -0.119. The number of nitrogens with one attached hydrogen (secondary N) is 2. The maximum absolute atomic E-state index is 12.5. The molecule has 6 nitrogen and oxygen atoms in total. The number of amides is 1. The number of benzene rings is 2. The number of methoxy groups -OCH3 is 1. The van der Waals surface area contributed by atoms with Crippen LogP contribution in [0.1, 0.15) is 41.6 Å². The molecule has 0 atom stereocenters. The number of hydrogen-bond acceptors (Lipinski definition) is 5. The molecule has 4 N–H and O–H groups in total. The van der Waals surface area contributed by atoms with E-state index in [1.54, 1.807) is 43.5 Å². The lowest BCUT2D eigenvalue weighted by Gasteiger charge is -2.31. The Bertz CT molecular complexity index is 921. The van der Waals surface area contributed by atoms with Gasteiger partial charge in [0.05, 0.1) is 7.11 Å². The molecule has 2 aromatic rings. The molecular formula is C22H25F3N4O2. The van der Waals surface area contributed by atoms with Gasteiger partial charge >= 0.3 is 6.30 Å². The second-order valence-electron chi connectivity index (χ2n) is 7.43. The Balaban J connectivity index is 1.56. The van der Waals surface area contributed by atoms with Crippen molar-refractivity contribution < 1.29 is 22.7 Å². The van der Waals surface area contributed by atoms with Crippen LogP contribution < -0.4 is 21.1 Å². The average molecular weight is 434 g/mol. The lowest BCUT2D eigenvalue weighted by Crippen LogP contribution is -2.40. The SMILES string of the molecule is COc1ccc(C(=O)NC2CCC(Nc3cccc(N)c3/C=N/C(F)(F)F)CC2)cc1. The van der Waals surface area contributed by atoms with Crippen molar-refractivity contribution in [3.63, 3.8) is 0 Å². The van der Waals surface area contributed by atoms with Crippen molar-refractivity contribution in [1.29, 1.82) is 0 Å². The van der Waals surface area contributed by atoms with Crippen molar-refractivity contribution in [2.75, 3.05) is 18.2 Å². The molecular weight excluding hydrogens is 409 g/mol. The summed E-state index contributed by atoms with van der Waals surface area (Å²) < 4.78 is 42.5. The van der Waals surface area contributed by atoms with Crippen LogP contribution in [0.2, 0.25) is 0 Å². The van der Waals surface area contributed by atoms with Gasteiger partial charge in [0, 0.05) is 40.8 Å². The zero-order valence-corrected chi connectivity index (χ0v) is 17.1. The van der Waals surface area contributed by atoms with Crippen LogP contribution >= 0.6 is 0 Å². The molecule has 1 fully saturated rings. The Morgan fingerprint density at radius 3 is 2.35 bits per heavy atom. The summed E-state index contributed by atoms with van der Waals surface area (Å²) >= 11 is 0. The number of nitrogens with two attached hydrogens (primary N) is 1. The van der Waals surface area contributed by atoms with E-state index in [1.165, 1.54) is 6.07 Å². The molecule has 0 spiro atoms. The Kier molecular flexibility index (Phi) is 7.04. The average Bonchev–Trinajstić information content (AvgIpc) is 2.74. The van der Waals surface area contributed by atoms with Crippen LogP contribution in [0.5, 0.6) is 5.75 Å². The summed E-state index contributed by atoms with van der Waals surface area (Å²) in [5.74, 6) is 0.546. The lowest BCUT2D eigenvalue weighted by atomic mass is 9.90. The molecule has 0 radical (unpaired) electrons. The van der Waals surface area contributed by atoms with E-state index < -0.39 is 6.30 Å². The minimum atomic E-state index is -4.65. The van der Waals surface area contributed by atoms with Gasteiger partial charge in [0.15, 0.2) is 0 Å². The number of aliphatic imine (C=N–C) groups is 1. The molecule has 0 saturated heterocycles. The number of nitrogens with zero attached hydrogens (tertiary/aromatic N) is 1. The highest BCUT2D eigenvalue weighted by Crippen LogP contribution is 2.27. The van der Waals surface area contributed by atoms with E-state index in [0.717, 1.165) is 31.9 Å². The number of anilines is 2. The highest BCUT2D eigenvalue weighted by Gasteiger charge is 2.26. The first-order valence-electron chi connectivity index (χ1n) is 9.97. The van der Waals surface area contributed by atoms with Crippen molar-refractivity contribution in [2.45, 2.75) is 44.1 Å². The van der Waals surface area contributed by atoms with Gasteiger partial charge in [-0.1, -0.05) is 6.07 Å². The fraction of sp³-hybridized carbons (Fsp3) is 0.364. The number of alkyl halides is 3. The van der Waals surface area contributed by atoms with Gasteiger partial charge in [0.2, 0.25) is 0 Å². The van der Waals surface area contributed by atoms with Crippen molar-refractivity contribution in [1.82, 2.24) is 5.32 Å². The van der Waals surface area contributed by atoms with Gasteiger partial charge in [-0.25, -0.2) is 0 Å². The molecule has 3 rings (SSSR count). The minimum absolute atomic E-state index is 0.0414. The molecule has 2 aromatic carbocycles. The summed E-state index contributed by atoms with van der Waals surface area (Å²) in [5.41, 5.74) is 7.37. The number of carbonyl (C=O) groups is 1. The number of carbonyl (C=O) groups excluding carboxylic acids is 1. The minimum Gasteiger partial charge on any atom is -0.497 e. The molecule has 31 heavy (non-hydrogen) atoms. The van der Waals surface area contributed by atoms with Crippen molar-refractivity contribution >= 4 is 23.5 Å². The van der Waals surface area contributed by atoms with Crippen LogP contribution in [0.15, 0.2) is 47.5 Å². The normalized spacial score (nSPS) is 19.2.